The minimum Gasteiger partial charge on any atom is -0.308 e. The summed E-state index contributed by atoms with van der Waals surface area (Å²) in [5, 5.41) is 8.54. The molecule has 1 unspecified atom stereocenters. The fourth-order valence-corrected chi connectivity index (χ4v) is 2.87. The molecule has 7 nitrogen and oxygen atoms in total. The lowest BCUT2D eigenvalue weighted by molar-refractivity contribution is -0.131. The predicted octanol–water partition coefficient (Wildman–Crippen LogP) is 1.91. The molecule has 1 atom stereocenters. The molecule has 4 amide bonds. The van der Waals surface area contributed by atoms with Crippen molar-refractivity contribution in [1.82, 2.24) is 15.3 Å². The minimum absolute atomic E-state index is 0.113. The smallest absolute Gasteiger partial charge is 0.308 e. The molecule has 0 saturated carbocycles. The minimum atomic E-state index is -0.559. The molecule has 1 fully saturated rings. The Hall–Kier alpha value is -2.41. The Bertz CT molecular complexity index is 591. The van der Waals surface area contributed by atoms with Gasteiger partial charge in [-0.3, -0.25) is 19.7 Å². The van der Waals surface area contributed by atoms with E-state index >= 15 is 0 Å². The highest BCUT2D eigenvalue weighted by atomic mass is 16.5. The van der Waals surface area contributed by atoms with Gasteiger partial charge in [-0.25, -0.2) is 10.3 Å². The second-order valence-electron chi connectivity index (χ2n) is 5.83. The topological polar surface area (TPSA) is 89.9 Å². The maximum Gasteiger partial charge on any atom is 0.327 e. The third-order valence-corrected chi connectivity index (χ3v) is 4.05. The first kappa shape index (κ1) is 17.9. The second-order valence-corrected chi connectivity index (χ2v) is 5.83. The second kappa shape index (κ2) is 8.44. The maximum atomic E-state index is 12.6. The van der Waals surface area contributed by atoms with E-state index in [1.807, 2.05) is 37.3 Å². The van der Waals surface area contributed by atoms with Crippen LogP contribution in [0.3, 0.4) is 0 Å². The molecule has 1 aromatic carbocycles. The number of carbonyl (C=O) groups excluding carboxylic acids is 3. The van der Waals surface area contributed by atoms with Crippen LogP contribution in [0.1, 0.15) is 38.2 Å². The van der Waals surface area contributed by atoms with E-state index in [-0.39, 0.29) is 18.4 Å². The number of hydroxylamine groups is 1. The van der Waals surface area contributed by atoms with Crippen LogP contribution in [0, 0.1) is 0 Å². The first-order valence-corrected chi connectivity index (χ1v) is 8.17. The number of rotatable bonds is 8. The molecule has 0 spiro atoms. The zero-order valence-corrected chi connectivity index (χ0v) is 13.8. The van der Waals surface area contributed by atoms with E-state index in [1.54, 1.807) is 10.4 Å². The summed E-state index contributed by atoms with van der Waals surface area (Å²) in [6, 6.07) is 8.67. The number of urea groups is 1. The lowest BCUT2D eigenvalue weighted by Crippen LogP contribution is -2.35. The number of nitrogens with zero attached hydrogens (tertiary/aromatic N) is 2. The molecular weight excluding hydrogens is 310 g/mol. The van der Waals surface area contributed by atoms with Crippen LogP contribution in [0.5, 0.6) is 0 Å². The molecular formula is C17H23N3O4. The van der Waals surface area contributed by atoms with Gasteiger partial charge in [0.1, 0.15) is 6.04 Å². The van der Waals surface area contributed by atoms with Crippen molar-refractivity contribution in [2.75, 3.05) is 6.54 Å². The molecule has 0 bridgehead atoms. The van der Waals surface area contributed by atoms with Crippen LogP contribution >= 0.6 is 0 Å². The van der Waals surface area contributed by atoms with Crippen molar-refractivity contribution < 1.29 is 19.6 Å². The van der Waals surface area contributed by atoms with Crippen molar-refractivity contribution in [3.63, 3.8) is 0 Å². The third-order valence-electron chi connectivity index (χ3n) is 4.05. The number of carbonyl (C=O) groups is 3. The molecule has 0 aliphatic carbocycles. The average molecular weight is 333 g/mol. The van der Waals surface area contributed by atoms with Gasteiger partial charge in [-0.05, 0) is 24.8 Å². The first-order valence-electron chi connectivity index (χ1n) is 8.17. The molecule has 1 aromatic rings. The summed E-state index contributed by atoms with van der Waals surface area (Å²) in [6.07, 6.45) is 1.63. The van der Waals surface area contributed by atoms with Crippen LogP contribution in [0.15, 0.2) is 30.3 Å². The monoisotopic (exact) mass is 333 g/mol. The normalized spacial score (nSPS) is 17.5. The maximum absolute atomic E-state index is 12.6. The van der Waals surface area contributed by atoms with E-state index < -0.39 is 11.9 Å². The third kappa shape index (κ3) is 4.11. The summed E-state index contributed by atoms with van der Waals surface area (Å²) >= 11 is 0. The quantitative estimate of drug-likeness (QED) is 0.432. The molecule has 2 rings (SSSR count). The van der Waals surface area contributed by atoms with Crippen molar-refractivity contribution >= 4 is 17.8 Å². The Morgan fingerprint density at radius 2 is 1.96 bits per heavy atom. The van der Waals surface area contributed by atoms with Crippen LogP contribution < -0.4 is 5.48 Å². The van der Waals surface area contributed by atoms with Gasteiger partial charge in [-0.1, -0.05) is 37.3 Å². The number of hydrogen-bond donors (Lipinski definition) is 2. The Kier molecular flexibility index (Phi) is 6.31. The van der Waals surface area contributed by atoms with Crippen molar-refractivity contribution in [1.29, 1.82) is 0 Å². The highest BCUT2D eigenvalue weighted by molar-refractivity contribution is 6.04. The molecule has 1 aliphatic rings. The van der Waals surface area contributed by atoms with Crippen molar-refractivity contribution in [3.05, 3.63) is 35.9 Å². The molecule has 1 saturated heterocycles. The lowest BCUT2D eigenvalue weighted by Gasteiger charge is -2.21. The van der Waals surface area contributed by atoms with Gasteiger partial charge >= 0.3 is 6.03 Å². The van der Waals surface area contributed by atoms with Gasteiger partial charge in [0.2, 0.25) is 5.91 Å². The van der Waals surface area contributed by atoms with E-state index in [1.165, 1.54) is 4.90 Å². The molecule has 24 heavy (non-hydrogen) atoms. The summed E-state index contributed by atoms with van der Waals surface area (Å²) in [5.41, 5.74) is 2.53. The van der Waals surface area contributed by atoms with Crippen molar-refractivity contribution in [2.24, 2.45) is 0 Å². The van der Waals surface area contributed by atoms with Gasteiger partial charge in [0, 0.05) is 19.5 Å². The lowest BCUT2D eigenvalue weighted by atomic mass is 10.1. The van der Waals surface area contributed by atoms with Crippen LogP contribution in [0.2, 0.25) is 0 Å². The zero-order valence-electron chi connectivity index (χ0n) is 13.8. The van der Waals surface area contributed by atoms with Gasteiger partial charge in [0.05, 0.1) is 0 Å². The average Bonchev–Trinajstić information content (AvgIpc) is 2.81. The van der Waals surface area contributed by atoms with Crippen molar-refractivity contribution in [2.45, 2.75) is 45.2 Å². The summed E-state index contributed by atoms with van der Waals surface area (Å²) in [4.78, 5) is 39.1. The van der Waals surface area contributed by atoms with E-state index in [4.69, 9.17) is 5.21 Å². The number of nitrogens with one attached hydrogen (secondary N) is 1. The molecule has 1 aliphatic heterocycles. The summed E-state index contributed by atoms with van der Waals surface area (Å²) in [5.74, 6) is -0.700. The van der Waals surface area contributed by atoms with Gasteiger partial charge < -0.3 is 4.90 Å². The number of amides is 4. The predicted molar refractivity (Wildman–Crippen MR) is 87.0 cm³/mol. The first-order chi connectivity index (χ1) is 11.6. The van der Waals surface area contributed by atoms with Crippen LogP contribution in [-0.4, -0.2) is 45.4 Å². The Labute approximate surface area is 141 Å². The zero-order chi connectivity index (χ0) is 17.5. The molecule has 0 radical (unpaired) electrons. The summed E-state index contributed by atoms with van der Waals surface area (Å²) in [6.45, 7) is 2.68. The van der Waals surface area contributed by atoms with E-state index in [9.17, 15) is 14.4 Å². The highest BCUT2D eigenvalue weighted by Crippen LogP contribution is 2.24. The molecule has 2 N–H and O–H groups in total. The standard InChI is InChI=1S/C17H23N3O4/c1-2-11-19-16(22)14(9-6-10-15(21)18-24)20(17(19)23)12-13-7-4-3-5-8-13/h3-5,7-8,14,24H,2,6,9-12H2,1H3,(H,18,21). The summed E-state index contributed by atoms with van der Waals surface area (Å²) in [7, 11) is 0. The van der Waals surface area contributed by atoms with E-state index in [0.29, 0.717) is 32.4 Å². The molecule has 0 aromatic heterocycles. The molecule has 7 heteroatoms. The highest BCUT2D eigenvalue weighted by Gasteiger charge is 2.43. The van der Waals surface area contributed by atoms with Gasteiger partial charge in [-0.15, -0.1) is 0 Å². The van der Waals surface area contributed by atoms with Crippen molar-refractivity contribution in [3.8, 4) is 0 Å². The molecule has 130 valence electrons. The van der Waals surface area contributed by atoms with Gasteiger partial charge in [-0.2, -0.15) is 0 Å². The van der Waals surface area contributed by atoms with Crippen LogP contribution in [-0.2, 0) is 16.1 Å². The Balaban J connectivity index is 2.10. The van der Waals surface area contributed by atoms with E-state index in [2.05, 4.69) is 0 Å². The van der Waals surface area contributed by atoms with Gasteiger partial charge in [0.25, 0.3) is 5.91 Å². The number of hydrogen-bond acceptors (Lipinski definition) is 4. The van der Waals surface area contributed by atoms with E-state index in [0.717, 1.165) is 5.56 Å². The number of imide groups is 1. The Morgan fingerprint density at radius 3 is 2.58 bits per heavy atom. The molecule has 1 heterocycles. The SMILES string of the molecule is CCCN1C(=O)C(CCCC(=O)NO)N(Cc2ccccc2)C1=O. The van der Waals surface area contributed by atoms with Crippen LogP contribution in [0.25, 0.3) is 0 Å². The largest absolute Gasteiger partial charge is 0.327 e. The fourth-order valence-electron chi connectivity index (χ4n) is 2.87. The fraction of sp³-hybridized carbons (Fsp3) is 0.471. The van der Waals surface area contributed by atoms with Gasteiger partial charge in [0.15, 0.2) is 0 Å². The summed E-state index contributed by atoms with van der Waals surface area (Å²) < 4.78 is 0. The number of benzene rings is 1. The Morgan fingerprint density at radius 1 is 1.25 bits per heavy atom. The van der Waals surface area contributed by atoms with Crippen LogP contribution in [0.4, 0.5) is 4.79 Å².